The number of para-hydroxylation sites is 1. The van der Waals surface area contributed by atoms with E-state index in [0.717, 1.165) is 6.07 Å². The van der Waals surface area contributed by atoms with E-state index in [4.69, 9.17) is 9.15 Å². The van der Waals surface area contributed by atoms with Gasteiger partial charge in [0.05, 0.1) is 18.4 Å². The zero-order valence-corrected chi connectivity index (χ0v) is 11.5. The van der Waals surface area contributed by atoms with E-state index in [-0.39, 0.29) is 24.2 Å². The first-order chi connectivity index (χ1) is 10.1. The molecule has 1 amide bonds. The number of esters is 1. The molecule has 0 unspecified atom stereocenters. The molecule has 6 nitrogen and oxygen atoms in total. The van der Waals surface area contributed by atoms with Crippen molar-refractivity contribution >= 4 is 22.8 Å². The summed E-state index contributed by atoms with van der Waals surface area (Å²) in [5.74, 6) is -1.01. The molecular formula is C15H15NO5. The van der Waals surface area contributed by atoms with Gasteiger partial charge in [0.1, 0.15) is 5.58 Å². The van der Waals surface area contributed by atoms with Gasteiger partial charge in [-0.3, -0.25) is 14.4 Å². The zero-order valence-electron chi connectivity index (χ0n) is 11.5. The molecule has 110 valence electrons. The molecule has 0 aliphatic rings. The topological polar surface area (TPSA) is 85.6 Å². The van der Waals surface area contributed by atoms with Crippen LogP contribution in [0.1, 0.15) is 23.9 Å². The van der Waals surface area contributed by atoms with Crippen LogP contribution < -0.4 is 10.7 Å². The second kappa shape index (κ2) is 6.69. The Morgan fingerprint density at radius 3 is 2.81 bits per heavy atom. The van der Waals surface area contributed by atoms with Crippen LogP contribution in [0.25, 0.3) is 11.0 Å². The van der Waals surface area contributed by atoms with E-state index in [1.807, 2.05) is 0 Å². The maximum Gasteiger partial charge on any atom is 0.307 e. The molecule has 0 atom stereocenters. The monoisotopic (exact) mass is 289 g/mol. The highest BCUT2D eigenvalue weighted by atomic mass is 16.5. The molecule has 0 aliphatic heterocycles. The van der Waals surface area contributed by atoms with Gasteiger partial charge in [0, 0.05) is 12.6 Å². The third-order valence-electron chi connectivity index (χ3n) is 2.78. The fourth-order valence-corrected chi connectivity index (χ4v) is 1.81. The average Bonchev–Trinajstić information content (AvgIpc) is 2.47. The minimum absolute atomic E-state index is 0.0669. The number of hydrogen-bond acceptors (Lipinski definition) is 5. The van der Waals surface area contributed by atoms with E-state index in [2.05, 4.69) is 5.32 Å². The summed E-state index contributed by atoms with van der Waals surface area (Å²) in [6.45, 7) is 2.13. The number of carbonyl (C=O) groups excluding carboxylic acids is 2. The van der Waals surface area contributed by atoms with E-state index in [1.54, 1.807) is 31.2 Å². The van der Waals surface area contributed by atoms with Crippen molar-refractivity contribution in [1.82, 2.24) is 5.32 Å². The summed E-state index contributed by atoms with van der Waals surface area (Å²) in [5.41, 5.74) is 0.0629. The van der Waals surface area contributed by atoms with Gasteiger partial charge >= 0.3 is 5.97 Å². The number of ether oxygens (including phenoxy) is 1. The summed E-state index contributed by atoms with van der Waals surface area (Å²) >= 11 is 0. The lowest BCUT2D eigenvalue weighted by atomic mass is 10.2. The lowest BCUT2D eigenvalue weighted by molar-refractivity contribution is -0.142. The van der Waals surface area contributed by atoms with Gasteiger partial charge in [-0.1, -0.05) is 12.1 Å². The Morgan fingerprint density at radius 2 is 2.05 bits per heavy atom. The van der Waals surface area contributed by atoms with Crippen molar-refractivity contribution in [1.29, 1.82) is 0 Å². The van der Waals surface area contributed by atoms with Gasteiger partial charge < -0.3 is 14.5 Å². The van der Waals surface area contributed by atoms with Gasteiger partial charge in [0.15, 0.2) is 11.2 Å². The van der Waals surface area contributed by atoms with Gasteiger partial charge in [-0.05, 0) is 19.1 Å². The quantitative estimate of drug-likeness (QED) is 0.842. The van der Waals surface area contributed by atoms with Crippen molar-refractivity contribution in [3.8, 4) is 0 Å². The molecule has 0 aliphatic carbocycles. The summed E-state index contributed by atoms with van der Waals surface area (Å²) in [7, 11) is 0. The first-order valence-electron chi connectivity index (χ1n) is 6.58. The van der Waals surface area contributed by atoms with Crippen LogP contribution in [0.5, 0.6) is 0 Å². The largest absolute Gasteiger partial charge is 0.466 e. The maximum atomic E-state index is 11.9. The molecule has 0 saturated heterocycles. The third-order valence-corrected chi connectivity index (χ3v) is 2.78. The summed E-state index contributed by atoms with van der Waals surface area (Å²) < 4.78 is 10.1. The highest BCUT2D eigenvalue weighted by molar-refractivity contribution is 5.93. The molecule has 2 rings (SSSR count). The minimum atomic E-state index is -0.540. The molecule has 1 N–H and O–H groups in total. The van der Waals surface area contributed by atoms with Crippen molar-refractivity contribution < 1.29 is 18.7 Å². The molecule has 1 heterocycles. The normalized spacial score (nSPS) is 10.3. The molecule has 0 bridgehead atoms. The Kier molecular flexibility index (Phi) is 4.71. The van der Waals surface area contributed by atoms with Crippen LogP contribution in [0.3, 0.4) is 0 Å². The van der Waals surface area contributed by atoms with Gasteiger partial charge in [0.25, 0.3) is 5.91 Å². The fraction of sp³-hybridized carbons (Fsp3) is 0.267. The summed E-state index contributed by atoms with van der Waals surface area (Å²) in [6.07, 6.45) is 0.0669. The number of rotatable bonds is 5. The van der Waals surface area contributed by atoms with Crippen LogP contribution in [0, 0.1) is 0 Å². The predicted molar refractivity (Wildman–Crippen MR) is 76.1 cm³/mol. The highest BCUT2D eigenvalue weighted by Gasteiger charge is 2.12. The van der Waals surface area contributed by atoms with E-state index in [0.29, 0.717) is 17.6 Å². The van der Waals surface area contributed by atoms with Crippen LogP contribution in [-0.4, -0.2) is 25.0 Å². The SMILES string of the molecule is CCOC(=O)CCNC(=O)c1cc(=O)c2ccccc2o1. The Morgan fingerprint density at radius 1 is 1.29 bits per heavy atom. The molecule has 2 aromatic rings. The average molecular weight is 289 g/mol. The number of carbonyl (C=O) groups is 2. The molecule has 0 spiro atoms. The van der Waals surface area contributed by atoms with Crippen LogP contribution in [0.2, 0.25) is 0 Å². The van der Waals surface area contributed by atoms with E-state index < -0.39 is 11.9 Å². The summed E-state index contributed by atoms with van der Waals surface area (Å²) in [6, 6.07) is 7.82. The molecule has 1 aromatic heterocycles. The number of benzene rings is 1. The van der Waals surface area contributed by atoms with Crippen LogP contribution >= 0.6 is 0 Å². The Hall–Kier alpha value is -2.63. The second-order valence-electron chi connectivity index (χ2n) is 4.28. The Balaban J connectivity index is 2.06. The van der Waals surface area contributed by atoms with Crippen molar-refractivity contribution in [2.75, 3.05) is 13.2 Å². The van der Waals surface area contributed by atoms with Crippen molar-refractivity contribution in [2.45, 2.75) is 13.3 Å². The minimum Gasteiger partial charge on any atom is -0.466 e. The first-order valence-corrected chi connectivity index (χ1v) is 6.58. The van der Waals surface area contributed by atoms with Crippen molar-refractivity contribution in [2.24, 2.45) is 0 Å². The van der Waals surface area contributed by atoms with Crippen molar-refractivity contribution in [3.05, 3.63) is 46.3 Å². The van der Waals surface area contributed by atoms with Gasteiger partial charge in [-0.25, -0.2) is 0 Å². The smallest absolute Gasteiger partial charge is 0.307 e. The standard InChI is InChI=1S/C15H15NO5/c1-2-20-14(18)7-8-16-15(19)13-9-11(17)10-5-3-4-6-12(10)21-13/h3-6,9H,2,7-8H2,1H3,(H,16,19). The number of amides is 1. The van der Waals surface area contributed by atoms with E-state index in [1.165, 1.54) is 0 Å². The number of fused-ring (bicyclic) bond motifs is 1. The molecule has 0 radical (unpaired) electrons. The van der Waals surface area contributed by atoms with Gasteiger partial charge in [-0.2, -0.15) is 0 Å². The van der Waals surface area contributed by atoms with Crippen molar-refractivity contribution in [3.63, 3.8) is 0 Å². The lowest BCUT2D eigenvalue weighted by Gasteiger charge is -2.05. The number of nitrogens with one attached hydrogen (secondary N) is 1. The summed E-state index contributed by atoms with van der Waals surface area (Å²) in [4.78, 5) is 34.9. The van der Waals surface area contributed by atoms with Crippen LogP contribution in [0.15, 0.2) is 39.5 Å². The second-order valence-corrected chi connectivity index (χ2v) is 4.28. The molecule has 0 saturated carbocycles. The van der Waals surface area contributed by atoms with Crippen LogP contribution in [-0.2, 0) is 9.53 Å². The molecule has 21 heavy (non-hydrogen) atoms. The fourth-order valence-electron chi connectivity index (χ4n) is 1.81. The molecule has 0 fully saturated rings. The van der Waals surface area contributed by atoms with E-state index in [9.17, 15) is 14.4 Å². The predicted octanol–water partition coefficient (Wildman–Crippen LogP) is 1.48. The number of hydrogen-bond donors (Lipinski definition) is 1. The zero-order chi connectivity index (χ0) is 15.2. The van der Waals surface area contributed by atoms with Gasteiger partial charge in [0.2, 0.25) is 0 Å². The highest BCUT2D eigenvalue weighted by Crippen LogP contribution is 2.11. The van der Waals surface area contributed by atoms with E-state index >= 15 is 0 Å². The first kappa shape index (κ1) is 14.8. The molecular weight excluding hydrogens is 274 g/mol. The Labute approximate surface area is 120 Å². The maximum absolute atomic E-state index is 11.9. The summed E-state index contributed by atoms with van der Waals surface area (Å²) in [5, 5.41) is 2.92. The molecule has 6 heteroatoms. The van der Waals surface area contributed by atoms with Crippen LogP contribution in [0.4, 0.5) is 0 Å². The third kappa shape index (κ3) is 3.68. The Bertz CT molecular complexity index is 719. The van der Waals surface area contributed by atoms with Gasteiger partial charge in [-0.15, -0.1) is 0 Å². The molecule has 1 aromatic carbocycles. The lowest BCUT2D eigenvalue weighted by Crippen LogP contribution is -2.27.